The Morgan fingerprint density at radius 3 is 2.30 bits per heavy atom. The Labute approximate surface area is 174 Å². The van der Waals surface area contributed by atoms with E-state index in [1.54, 1.807) is 23.6 Å². The molecule has 3 aromatic rings. The van der Waals surface area contributed by atoms with Gasteiger partial charge in [-0.15, -0.1) is 0 Å². The normalized spacial score (nSPS) is 15.0. The number of rotatable bonds is 6. The Bertz CT molecular complexity index is 1150. The fraction of sp³-hybridized carbons (Fsp3) is 0.500. The molecule has 0 atom stereocenters. The first-order chi connectivity index (χ1) is 14.5. The molecule has 0 aliphatic heterocycles. The van der Waals surface area contributed by atoms with E-state index in [9.17, 15) is 14.7 Å². The van der Waals surface area contributed by atoms with E-state index in [1.165, 1.54) is 23.8 Å². The molecule has 0 unspecified atom stereocenters. The minimum atomic E-state index is -0.323. The summed E-state index contributed by atoms with van der Waals surface area (Å²) in [5.74, 6) is 0.820. The Hall–Kier alpha value is -3.03. The molecule has 0 saturated heterocycles. The number of phenolic OH excluding ortho intramolecular Hbond substituents is 1. The van der Waals surface area contributed by atoms with Crippen LogP contribution in [0.25, 0.3) is 11.2 Å². The summed E-state index contributed by atoms with van der Waals surface area (Å²) in [7, 11) is 0. The number of hydrogen-bond acceptors (Lipinski definition) is 5. The molecule has 1 aliphatic carbocycles. The number of hydrogen-bond donors (Lipinski definition) is 2. The number of aromatic hydroxyl groups is 1. The van der Waals surface area contributed by atoms with E-state index in [0.29, 0.717) is 42.8 Å². The van der Waals surface area contributed by atoms with Crippen LogP contribution in [0.1, 0.15) is 51.5 Å². The van der Waals surface area contributed by atoms with Crippen LogP contribution in [-0.2, 0) is 19.6 Å². The summed E-state index contributed by atoms with van der Waals surface area (Å²) in [5, 5.41) is 13.2. The average Bonchev–Trinajstić information content (AvgIpc) is 3.09. The zero-order valence-corrected chi connectivity index (χ0v) is 17.6. The minimum absolute atomic E-state index is 0.197. The zero-order chi connectivity index (χ0) is 21.3. The Balaban J connectivity index is 1.91. The SMILES string of the molecule is CCn1c(=O)c2c(nc(NC3CCCCC3)n2Cc2ccc(O)cc2)n(CC)c1=O. The quantitative estimate of drug-likeness (QED) is 0.650. The maximum Gasteiger partial charge on any atom is 0.332 e. The molecule has 8 nitrogen and oxygen atoms in total. The van der Waals surface area contributed by atoms with E-state index in [-0.39, 0.29) is 17.0 Å². The summed E-state index contributed by atoms with van der Waals surface area (Å²) in [6, 6.07) is 7.24. The second-order valence-electron chi connectivity index (χ2n) is 7.92. The second-order valence-corrected chi connectivity index (χ2v) is 7.92. The smallest absolute Gasteiger partial charge is 0.332 e. The lowest BCUT2D eigenvalue weighted by Gasteiger charge is -2.23. The maximum atomic E-state index is 13.2. The van der Waals surface area contributed by atoms with E-state index < -0.39 is 0 Å². The van der Waals surface area contributed by atoms with Gasteiger partial charge in [-0.05, 0) is 44.4 Å². The third kappa shape index (κ3) is 3.62. The Kier molecular flexibility index (Phi) is 5.65. The van der Waals surface area contributed by atoms with Gasteiger partial charge in [-0.3, -0.25) is 18.5 Å². The maximum absolute atomic E-state index is 13.2. The number of nitrogens with zero attached hydrogens (tertiary/aromatic N) is 4. The highest BCUT2D eigenvalue weighted by Crippen LogP contribution is 2.24. The lowest BCUT2D eigenvalue weighted by Crippen LogP contribution is -2.40. The van der Waals surface area contributed by atoms with Gasteiger partial charge in [0.1, 0.15) is 5.75 Å². The molecule has 8 heteroatoms. The second kappa shape index (κ2) is 8.38. The van der Waals surface area contributed by atoms with Gasteiger partial charge >= 0.3 is 5.69 Å². The van der Waals surface area contributed by atoms with Crippen molar-refractivity contribution in [1.82, 2.24) is 18.7 Å². The van der Waals surface area contributed by atoms with Crippen molar-refractivity contribution >= 4 is 17.1 Å². The fourth-order valence-electron chi connectivity index (χ4n) is 4.33. The van der Waals surface area contributed by atoms with Gasteiger partial charge in [0, 0.05) is 19.1 Å². The monoisotopic (exact) mass is 411 g/mol. The third-order valence-corrected chi connectivity index (χ3v) is 5.96. The van der Waals surface area contributed by atoms with E-state index in [0.717, 1.165) is 18.4 Å². The molecule has 1 aliphatic rings. The van der Waals surface area contributed by atoms with Gasteiger partial charge in [-0.25, -0.2) is 4.79 Å². The summed E-state index contributed by atoms with van der Waals surface area (Å²) < 4.78 is 4.72. The first-order valence-corrected chi connectivity index (χ1v) is 10.8. The van der Waals surface area contributed by atoms with Gasteiger partial charge in [-0.2, -0.15) is 4.98 Å². The van der Waals surface area contributed by atoms with Gasteiger partial charge in [0.25, 0.3) is 5.56 Å². The van der Waals surface area contributed by atoms with Gasteiger partial charge in [0.2, 0.25) is 5.95 Å². The molecule has 160 valence electrons. The first kappa shape index (κ1) is 20.3. The van der Waals surface area contributed by atoms with Crippen molar-refractivity contribution in [2.45, 2.75) is 71.6 Å². The van der Waals surface area contributed by atoms with Crippen molar-refractivity contribution in [3.8, 4) is 5.75 Å². The summed E-state index contributed by atoms with van der Waals surface area (Å²) in [6.45, 7) is 4.86. The molecule has 1 fully saturated rings. The molecule has 2 aromatic heterocycles. The summed E-state index contributed by atoms with van der Waals surface area (Å²) >= 11 is 0. The highest BCUT2D eigenvalue weighted by molar-refractivity contribution is 5.74. The third-order valence-electron chi connectivity index (χ3n) is 5.96. The Morgan fingerprint density at radius 1 is 1.00 bits per heavy atom. The Morgan fingerprint density at radius 2 is 1.67 bits per heavy atom. The van der Waals surface area contributed by atoms with Crippen LogP contribution in [-0.4, -0.2) is 29.8 Å². The van der Waals surface area contributed by atoms with Crippen LogP contribution >= 0.6 is 0 Å². The minimum Gasteiger partial charge on any atom is -0.508 e. The predicted molar refractivity (Wildman–Crippen MR) is 117 cm³/mol. The average molecular weight is 412 g/mol. The number of phenols is 1. The predicted octanol–water partition coefficient (Wildman–Crippen LogP) is 2.90. The molecular formula is C22H29N5O3. The van der Waals surface area contributed by atoms with Crippen LogP contribution in [0.15, 0.2) is 33.9 Å². The number of fused-ring (bicyclic) bond motifs is 1. The van der Waals surface area contributed by atoms with E-state index in [2.05, 4.69) is 5.32 Å². The van der Waals surface area contributed by atoms with Crippen LogP contribution in [0.2, 0.25) is 0 Å². The van der Waals surface area contributed by atoms with Crippen LogP contribution in [0.3, 0.4) is 0 Å². The van der Waals surface area contributed by atoms with Crippen molar-refractivity contribution < 1.29 is 5.11 Å². The molecule has 30 heavy (non-hydrogen) atoms. The van der Waals surface area contributed by atoms with Crippen LogP contribution in [0.5, 0.6) is 5.75 Å². The molecular weight excluding hydrogens is 382 g/mol. The summed E-state index contributed by atoms with van der Waals surface area (Å²) in [5.41, 5.74) is 1.16. The number of benzene rings is 1. The van der Waals surface area contributed by atoms with E-state index in [1.807, 2.05) is 23.6 Å². The van der Waals surface area contributed by atoms with Crippen molar-refractivity contribution in [1.29, 1.82) is 0 Å². The van der Waals surface area contributed by atoms with Gasteiger partial charge in [0.15, 0.2) is 11.2 Å². The molecule has 2 N–H and O–H groups in total. The molecule has 1 aromatic carbocycles. The van der Waals surface area contributed by atoms with Gasteiger partial charge in [0.05, 0.1) is 6.54 Å². The van der Waals surface area contributed by atoms with Gasteiger partial charge in [-0.1, -0.05) is 31.4 Å². The molecule has 0 bridgehead atoms. The van der Waals surface area contributed by atoms with Crippen LogP contribution in [0.4, 0.5) is 5.95 Å². The lowest BCUT2D eigenvalue weighted by atomic mass is 9.96. The van der Waals surface area contributed by atoms with Crippen LogP contribution in [0, 0.1) is 0 Å². The molecule has 1 saturated carbocycles. The molecule has 2 heterocycles. The number of nitrogens with one attached hydrogen (secondary N) is 1. The number of aromatic nitrogens is 4. The van der Waals surface area contributed by atoms with Crippen molar-refractivity contribution in [3.63, 3.8) is 0 Å². The van der Waals surface area contributed by atoms with Crippen molar-refractivity contribution in [3.05, 3.63) is 50.7 Å². The number of imidazole rings is 1. The highest BCUT2D eigenvalue weighted by Gasteiger charge is 2.23. The largest absolute Gasteiger partial charge is 0.508 e. The van der Waals surface area contributed by atoms with Gasteiger partial charge < -0.3 is 10.4 Å². The molecule has 0 radical (unpaired) electrons. The molecule has 0 amide bonds. The van der Waals surface area contributed by atoms with Crippen molar-refractivity contribution in [2.24, 2.45) is 0 Å². The zero-order valence-electron chi connectivity index (χ0n) is 17.6. The van der Waals surface area contributed by atoms with E-state index in [4.69, 9.17) is 4.98 Å². The standard InChI is InChI=1S/C22H29N5O3/c1-3-25-19-18(20(29)26(4-2)22(25)30)27(14-15-10-12-17(28)13-11-15)21(24-19)23-16-8-6-5-7-9-16/h10-13,16,28H,3-9,14H2,1-2H3,(H,23,24). The molecule has 0 spiro atoms. The topological polar surface area (TPSA) is 94.1 Å². The van der Waals surface area contributed by atoms with E-state index >= 15 is 0 Å². The van der Waals surface area contributed by atoms with Crippen LogP contribution < -0.4 is 16.6 Å². The lowest BCUT2D eigenvalue weighted by molar-refractivity contribution is 0.459. The summed E-state index contributed by atoms with van der Waals surface area (Å²) in [4.78, 5) is 30.8. The fourth-order valence-corrected chi connectivity index (χ4v) is 4.33. The highest BCUT2D eigenvalue weighted by atomic mass is 16.3. The first-order valence-electron chi connectivity index (χ1n) is 10.8. The molecule has 4 rings (SSSR count). The number of aryl methyl sites for hydroxylation is 1. The number of anilines is 1. The van der Waals surface area contributed by atoms with Crippen molar-refractivity contribution in [2.75, 3.05) is 5.32 Å². The summed E-state index contributed by atoms with van der Waals surface area (Å²) in [6.07, 6.45) is 5.75.